The highest BCUT2D eigenvalue weighted by Crippen LogP contribution is 2.57. The highest BCUT2D eigenvalue weighted by molar-refractivity contribution is 5.15. The number of rotatable bonds is 5. The first kappa shape index (κ1) is 12.2. The Morgan fingerprint density at radius 2 is 1.89 bits per heavy atom. The summed E-state index contributed by atoms with van der Waals surface area (Å²) in [6.07, 6.45) is 10.9. The van der Waals surface area contributed by atoms with Gasteiger partial charge in [0, 0.05) is 18.4 Å². The van der Waals surface area contributed by atoms with Crippen LogP contribution in [0.2, 0.25) is 0 Å². The average molecular weight is 244 g/mol. The Morgan fingerprint density at radius 1 is 1.22 bits per heavy atom. The predicted molar refractivity (Wildman–Crippen MR) is 74.3 cm³/mol. The van der Waals surface area contributed by atoms with Crippen LogP contribution in [0.3, 0.4) is 0 Å². The Kier molecular flexibility index (Phi) is 3.64. The van der Waals surface area contributed by atoms with Gasteiger partial charge >= 0.3 is 0 Å². The summed E-state index contributed by atoms with van der Waals surface area (Å²) in [5, 5.41) is 3.73. The molecular weight excluding hydrogens is 220 g/mol. The van der Waals surface area contributed by atoms with Crippen molar-refractivity contribution in [3.05, 3.63) is 30.1 Å². The van der Waals surface area contributed by atoms with Crippen molar-refractivity contribution in [3.8, 4) is 0 Å². The fraction of sp³-hybridized carbons (Fsp3) is 0.688. The molecule has 0 bridgehead atoms. The molecule has 0 amide bonds. The number of aromatic nitrogens is 1. The smallest absolute Gasteiger partial charge is 0.0270 e. The van der Waals surface area contributed by atoms with Gasteiger partial charge in [-0.25, -0.2) is 0 Å². The summed E-state index contributed by atoms with van der Waals surface area (Å²) in [6.45, 7) is 3.32. The SMILES string of the molecule is CCNC(Cc1ccncc1)C1C2CCCCC21. The van der Waals surface area contributed by atoms with E-state index in [1.807, 2.05) is 12.4 Å². The third kappa shape index (κ3) is 2.44. The molecule has 2 aliphatic carbocycles. The summed E-state index contributed by atoms with van der Waals surface area (Å²) in [4.78, 5) is 4.11. The van der Waals surface area contributed by atoms with E-state index < -0.39 is 0 Å². The zero-order valence-corrected chi connectivity index (χ0v) is 11.3. The molecule has 0 aromatic carbocycles. The van der Waals surface area contributed by atoms with Gasteiger partial charge in [-0.05, 0) is 61.3 Å². The molecule has 2 saturated carbocycles. The lowest BCUT2D eigenvalue weighted by molar-refractivity contribution is 0.437. The minimum absolute atomic E-state index is 0.686. The van der Waals surface area contributed by atoms with Gasteiger partial charge in [0.05, 0.1) is 0 Å². The molecule has 18 heavy (non-hydrogen) atoms. The fourth-order valence-electron chi connectivity index (χ4n) is 4.02. The van der Waals surface area contributed by atoms with Crippen LogP contribution in [0.1, 0.15) is 38.2 Å². The van der Waals surface area contributed by atoms with E-state index in [9.17, 15) is 0 Å². The van der Waals surface area contributed by atoms with Gasteiger partial charge in [0.15, 0.2) is 0 Å². The predicted octanol–water partition coefficient (Wildman–Crippen LogP) is 3.04. The van der Waals surface area contributed by atoms with Crippen molar-refractivity contribution in [1.29, 1.82) is 0 Å². The second kappa shape index (κ2) is 5.40. The van der Waals surface area contributed by atoms with Crippen LogP contribution in [0.15, 0.2) is 24.5 Å². The van der Waals surface area contributed by atoms with Crippen molar-refractivity contribution in [2.75, 3.05) is 6.54 Å². The van der Waals surface area contributed by atoms with E-state index in [1.54, 1.807) is 0 Å². The minimum atomic E-state index is 0.686. The summed E-state index contributed by atoms with van der Waals surface area (Å²) >= 11 is 0. The number of likely N-dealkylation sites (N-methyl/N-ethyl adjacent to an activating group) is 1. The van der Waals surface area contributed by atoms with E-state index in [0.29, 0.717) is 6.04 Å². The van der Waals surface area contributed by atoms with Crippen LogP contribution < -0.4 is 5.32 Å². The van der Waals surface area contributed by atoms with Crippen LogP contribution in [0.4, 0.5) is 0 Å². The second-order valence-electron chi connectivity index (χ2n) is 5.91. The molecule has 98 valence electrons. The zero-order valence-electron chi connectivity index (χ0n) is 11.3. The van der Waals surface area contributed by atoms with E-state index >= 15 is 0 Å². The lowest BCUT2D eigenvalue weighted by Crippen LogP contribution is -2.34. The third-order valence-corrected chi connectivity index (χ3v) is 4.86. The Hall–Kier alpha value is -0.890. The number of hydrogen-bond acceptors (Lipinski definition) is 2. The first-order valence-corrected chi connectivity index (χ1v) is 7.52. The molecule has 3 unspecified atom stereocenters. The number of fused-ring (bicyclic) bond motifs is 1. The van der Waals surface area contributed by atoms with Crippen molar-refractivity contribution in [3.63, 3.8) is 0 Å². The lowest BCUT2D eigenvalue weighted by Gasteiger charge is -2.18. The van der Waals surface area contributed by atoms with Gasteiger partial charge in [0.2, 0.25) is 0 Å². The Labute approximate surface area is 110 Å². The maximum absolute atomic E-state index is 4.11. The fourth-order valence-corrected chi connectivity index (χ4v) is 4.02. The van der Waals surface area contributed by atoms with E-state index in [-0.39, 0.29) is 0 Å². The molecule has 3 atom stereocenters. The molecule has 0 aliphatic heterocycles. The first-order valence-electron chi connectivity index (χ1n) is 7.52. The second-order valence-corrected chi connectivity index (χ2v) is 5.91. The maximum atomic E-state index is 4.11. The van der Waals surface area contributed by atoms with E-state index in [1.165, 1.54) is 37.7 Å². The normalized spacial score (nSPS) is 31.7. The topological polar surface area (TPSA) is 24.9 Å². The molecular formula is C16H24N2. The first-order chi connectivity index (χ1) is 8.90. The van der Waals surface area contributed by atoms with Gasteiger partial charge in [-0.3, -0.25) is 4.98 Å². The molecule has 3 rings (SSSR count). The summed E-state index contributed by atoms with van der Waals surface area (Å²) in [6, 6.07) is 5.01. The van der Waals surface area contributed by atoms with Gasteiger partial charge in [-0.1, -0.05) is 19.8 Å². The number of nitrogens with zero attached hydrogens (tertiary/aromatic N) is 1. The van der Waals surface area contributed by atoms with E-state index in [4.69, 9.17) is 0 Å². The maximum Gasteiger partial charge on any atom is 0.0270 e. The summed E-state index contributed by atoms with van der Waals surface area (Å²) in [5.74, 6) is 3.01. The van der Waals surface area contributed by atoms with Gasteiger partial charge in [-0.15, -0.1) is 0 Å². The van der Waals surface area contributed by atoms with Crippen molar-refractivity contribution in [2.45, 2.75) is 45.1 Å². The van der Waals surface area contributed by atoms with Crippen molar-refractivity contribution >= 4 is 0 Å². The highest BCUT2D eigenvalue weighted by Gasteiger charge is 2.53. The Morgan fingerprint density at radius 3 is 2.50 bits per heavy atom. The van der Waals surface area contributed by atoms with Gasteiger partial charge in [0.1, 0.15) is 0 Å². The number of hydrogen-bond donors (Lipinski definition) is 1. The van der Waals surface area contributed by atoms with Crippen LogP contribution in [0.5, 0.6) is 0 Å². The van der Waals surface area contributed by atoms with Crippen molar-refractivity contribution in [1.82, 2.24) is 10.3 Å². The molecule has 2 aliphatic rings. The lowest BCUT2D eigenvalue weighted by atomic mass is 10.0. The van der Waals surface area contributed by atoms with Crippen LogP contribution in [0, 0.1) is 17.8 Å². The summed E-state index contributed by atoms with van der Waals surface area (Å²) < 4.78 is 0. The molecule has 0 radical (unpaired) electrons. The molecule has 1 aromatic heterocycles. The van der Waals surface area contributed by atoms with Crippen LogP contribution >= 0.6 is 0 Å². The van der Waals surface area contributed by atoms with Crippen LogP contribution in [-0.2, 0) is 6.42 Å². The molecule has 0 spiro atoms. The monoisotopic (exact) mass is 244 g/mol. The molecule has 2 fully saturated rings. The van der Waals surface area contributed by atoms with Crippen molar-refractivity contribution < 1.29 is 0 Å². The average Bonchev–Trinajstić information content (AvgIpc) is 3.14. The minimum Gasteiger partial charge on any atom is -0.314 e. The molecule has 2 heteroatoms. The Bertz CT molecular complexity index is 364. The summed E-state index contributed by atoms with van der Waals surface area (Å²) in [7, 11) is 0. The number of nitrogens with one attached hydrogen (secondary N) is 1. The summed E-state index contributed by atoms with van der Waals surface area (Å²) in [5.41, 5.74) is 1.43. The van der Waals surface area contributed by atoms with Crippen molar-refractivity contribution in [2.24, 2.45) is 17.8 Å². The van der Waals surface area contributed by atoms with E-state index in [2.05, 4.69) is 29.4 Å². The largest absolute Gasteiger partial charge is 0.314 e. The third-order valence-electron chi connectivity index (χ3n) is 4.86. The van der Waals surface area contributed by atoms with Crippen LogP contribution in [-0.4, -0.2) is 17.6 Å². The quantitative estimate of drug-likeness (QED) is 0.861. The Balaban J connectivity index is 1.65. The van der Waals surface area contributed by atoms with E-state index in [0.717, 1.165) is 24.3 Å². The molecule has 2 nitrogen and oxygen atoms in total. The molecule has 0 saturated heterocycles. The van der Waals surface area contributed by atoms with Crippen LogP contribution in [0.25, 0.3) is 0 Å². The molecule has 1 N–H and O–H groups in total. The molecule has 1 heterocycles. The van der Waals surface area contributed by atoms with Gasteiger partial charge in [-0.2, -0.15) is 0 Å². The highest BCUT2D eigenvalue weighted by atomic mass is 14.9. The van der Waals surface area contributed by atoms with Gasteiger partial charge in [0.25, 0.3) is 0 Å². The van der Waals surface area contributed by atoms with Gasteiger partial charge < -0.3 is 5.32 Å². The standard InChI is InChI=1S/C16H24N2/c1-2-18-15(11-12-7-9-17-10-8-12)16-13-5-3-4-6-14(13)16/h7-10,13-16,18H,2-6,11H2,1H3. The number of pyridine rings is 1. The zero-order chi connectivity index (χ0) is 12.4. The molecule has 1 aromatic rings.